The molecule has 1 amide bonds. The molecule has 5 heteroatoms. The smallest absolute Gasteiger partial charge is 0.228 e. The third-order valence-electron chi connectivity index (χ3n) is 5.21. The second kappa shape index (κ2) is 17.0. The fourth-order valence-electron chi connectivity index (χ4n) is 2.83. The van der Waals surface area contributed by atoms with Gasteiger partial charge in [-0.3, -0.25) is 9.59 Å². The zero-order valence-corrected chi connectivity index (χ0v) is 22.2. The molecule has 0 saturated heterocycles. The molecular formula is C28H45N3O2. The molecule has 0 aliphatic rings. The fourth-order valence-corrected chi connectivity index (χ4v) is 2.83. The van der Waals surface area contributed by atoms with E-state index in [4.69, 9.17) is 0 Å². The van der Waals surface area contributed by atoms with Crippen LogP contribution in [-0.2, 0) is 4.79 Å². The maximum absolute atomic E-state index is 11.6. The van der Waals surface area contributed by atoms with Crippen molar-refractivity contribution in [3.8, 4) is 0 Å². The minimum atomic E-state index is -0.0309. The number of hydrogen-bond donors (Lipinski definition) is 2. The van der Waals surface area contributed by atoms with Crippen LogP contribution in [0.1, 0.15) is 94.4 Å². The highest BCUT2D eigenvalue weighted by Gasteiger charge is 2.11. The number of Topliss-reactive ketones (excluding diaryl/α,β-unsaturated/α-hetero) is 1. The van der Waals surface area contributed by atoms with Gasteiger partial charge in [-0.25, -0.2) is 4.98 Å². The number of aryl methyl sites for hydroxylation is 2. The predicted molar refractivity (Wildman–Crippen MR) is 141 cm³/mol. The zero-order chi connectivity index (χ0) is 25.4. The molecule has 0 fully saturated rings. The van der Waals surface area contributed by atoms with Crippen molar-refractivity contribution >= 4 is 17.5 Å². The average molecular weight is 456 g/mol. The number of carbonyl (C=O) groups excluding carboxylic acids is 2. The van der Waals surface area contributed by atoms with Crippen LogP contribution in [0.2, 0.25) is 0 Å². The first-order chi connectivity index (χ1) is 15.7. The lowest BCUT2D eigenvalue weighted by atomic mass is 10.0. The number of nitrogens with zero attached hydrogens (tertiary/aromatic N) is 1. The summed E-state index contributed by atoms with van der Waals surface area (Å²) in [6.07, 6.45) is 1.63. The summed E-state index contributed by atoms with van der Waals surface area (Å²) in [7, 11) is 0. The van der Waals surface area contributed by atoms with Gasteiger partial charge >= 0.3 is 0 Å². The van der Waals surface area contributed by atoms with Crippen molar-refractivity contribution in [3.05, 3.63) is 58.8 Å². The van der Waals surface area contributed by atoms with Gasteiger partial charge in [-0.2, -0.15) is 0 Å². The van der Waals surface area contributed by atoms with E-state index in [9.17, 15) is 9.59 Å². The van der Waals surface area contributed by atoms with Gasteiger partial charge < -0.3 is 10.6 Å². The predicted octanol–water partition coefficient (Wildman–Crippen LogP) is 6.70. The van der Waals surface area contributed by atoms with Crippen molar-refractivity contribution in [2.24, 2.45) is 5.92 Å². The number of amides is 1. The van der Waals surface area contributed by atoms with Crippen molar-refractivity contribution in [2.45, 2.75) is 81.1 Å². The lowest BCUT2D eigenvalue weighted by molar-refractivity contribution is -0.118. The molecule has 0 radical (unpaired) electrons. The molecule has 0 bridgehead atoms. The molecule has 1 aromatic carbocycles. The highest BCUT2D eigenvalue weighted by atomic mass is 16.2. The quantitative estimate of drug-likeness (QED) is 0.326. The number of nitrogens with one attached hydrogen (secondary N) is 2. The van der Waals surface area contributed by atoms with E-state index in [-0.39, 0.29) is 17.6 Å². The molecule has 5 nitrogen and oxygen atoms in total. The Kier molecular flexibility index (Phi) is 15.7. The molecule has 2 N–H and O–H groups in total. The minimum absolute atomic E-state index is 0.00459. The second-order valence-electron chi connectivity index (χ2n) is 8.21. The molecule has 184 valence electrons. The molecule has 0 aliphatic carbocycles. The molecule has 2 aromatic rings. The molecule has 0 spiro atoms. The second-order valence-corrected chi connectivity index (χ2v) is 8.21. The van der Waals surface area contributed by atoms with Crippen LogP contribution < -0.4 is 10.6 Å². The van der Waals surface area contributed by atoms with E-state index in [1.54, 1.807) is 0 Å². The first kappa shape index (κ1) is 30.5. The Morgan fingerprint density at radius 2 is 1.64 bits per heavy atom. The third kappa shape index (κ3) is 11.8. The fraction of sp³-hybridized carbons (Fsp3) is 0.536. The summed E-state index contributed by atoms with van der Waals surface area (Å²) >= 11 is 0. The Morgan fingerprint density at radius 1 is 0.970 bits per heavy atom. The summed E-state index contributed by atoms with van der Waals surface area (Å²) in [6, 6.07) is 11.7. The van der Waals surface area contributed by atoms with E-state index in [2.05, 4.69) is 36.4 Å². The van der Waals surface area contributed by atoms with Crippen LogP contribution in [-0.4, -0.2) is 29.8 Å². The van der Waals surface area contributed by atoms with Crippen molar-refractivity contribution in [3.63, 3.8) is 0 Å². The monoisotopic (exact) mass is 455 g/mol. The standard InChI is InChI=1S/C15H25N3O.C11H14O.C2H6/c1-5-16-10-9-12(4)13-7-6-8-14(17-13)18-15(19)11(2)3;1-4-11(12)10-6-5-8(2)9(3)7-10;1-2/h6-8,11-12,16H,5,9-10H2,1-4H3,(H,17,18,19);5-7H,4H2,1-3H3;1-2H3. The molecule has 33 heavy (non-hydrogen) atoms. The third-order valence-corrected chi connectivity index (χ3v) is 5.21. The van der Waals surface area contributed by atoms with Crippen LogP contribution in [0, 0.1) is 19.8 Å². The topological polar surface area (TPSA) is 71.1 Å². The number of benzene rings is 1. The molecule has 1 atom stereocenters. The Morgan fingerprint density at radius 3 is 2.18 bits per heavy atom. The molecule has 1 unspecified atom stereocenters. The van der Waals surface area contributed by atoms with Gasteiger partial charge in [-0.1, -0.05) is 66.7 Å². The Labute approximate surface area is 201 Å². The maximum atomic E-state index is 11.6. The van der Waals surface area contributed by atoms with Crippen molar-refractivity contribution in [2.75, 3.05) is 18.4 Å². The Bertz CT molecular complexity index is 847. The molecule has 2 rings (SSSR count). The minimum Gasteiger partial charge on any atom is -0.317 e. The van der Waals surface area contributed by atoms with Crippen LogP contribution in [0.25, 0.3) is 0 Å². The SMILES string of the molecule is CC.CCC(=O)c1ccc(C)c(C)c1.CCNCCC(C)c1cccc(NC(=O)C(C)C)n1. The average Bonchev–Trinajstić information content (AvgIpc) is 2.82. The highest BCUT2D eigenvalue weighted by molar-refractivity contribution is 5.96. The number of pyridine rings is 1. The van der Waals surface area contributed by atoms with Crippen LogP contribution in [0.5, 0.6) is 0 Å². The van der Waals surface area contributed by atoms with Crippen molar-refractivity contribution < 1.29 is 9.59 Å². The van der Waals surface area contributed by atoms with Gasteiger partial charge in [0.15, 0.2) is 5.78 Å². The normalized spacial score (nSPS) is 11.0. The van der Waals surface area contributed by atoms with Gasteiger partial charge in [-0.15, -0.1) is 0 Å². The number of aromatic nitrogens is 1. The van der Waals surface area contributed by atoms with Crippen LogP contribution >= 0.6 is 0 Å². The molecule has 1 heterocycles. The number of anilines is 1. The van der Waals surface area contributed by atoms with Gasteiger partial charge in [-0.05, 0) is 68.6 Å². The van der Waals surface area contributed by atoms with Gasteiger partial charge in [0.05, 0.1) is 0 Å². The Balaban J connectivity index is 0.000000627. The maximum Gasteiger partial charge on any atom is 0.228 e. The number of hydrogen-bond acceptors (Lipinski definition) is 4. The zero-order valence-electron chi connectivity index (χ0n) is 22.2. The van der Waals surface area contributed by atoms with E-state index in [1.807, 2.05) is 77.9 Å². The molecule has 1 aromatic heterocycles. The van der Waals surface area contributed by atoms with Crippen molar-refractivity contribution in [1.82, 2.24) is 10.3 Å². The molecule has 0 aliphatic heterocycles. The summed E-state index contributed by atoms with van der Waals surface area (Å²) in [5.41, 5.74) is 4.29. The number of rotatable bonds is 9. The van der Waals surface area contributed by atoms with Gasteiger partial charge in [0.2, 0.25) is 5.91 Å². The first-order valence-corrected chi connectivity index (χ1v) is 12.3. The van der Waals surface area contributed by atoms with Crippen molar-refractivity contribution in [1.29, 1.82) is 0 Å². The lowest BCUT2D eigenvalue weighted by Gasteiger charge is -2.13. The summed E-state index contributed by atoms with van der Waals surface area (Å²) in [5, 5.41) is 6.15. The summed E-state index contributed by atoms with van der Waals surface area (Å²) in [5.74, 6) is 1.22. The number of carbonyl (C=O) groups is 2. The van der Waals surface area contributed by atoms with Crippen LogP contribution in [0.4, 0.5) is 5.82 Å². The van der Waals surface area contributed by atoms with Gasteiger partial charge in [0.1, 0.15) is 5.82 Å². The van der Waals surface area contributed by atoms with Gasteiger partial charge in [0.25, 0.3) is 0 Å². The summed E-state index contributed by atoms with van der Waals surface area (Å²) < 4.78 is 0. The van der Waals surface area contributed by atoms with E-state index >= 15 is 0 Å². The van der Waals surface area contributed by atoms with E-state index in [1.165, 1.54) is 11.1 Å². The lowest BCUT2D eigenvalue weighted by Crippen LogP contribution is -2.19. The Hall–Kier alpha value is -2.53. The van der Waals surface area contributed by atoms with E-state index in [0.29, 0.717) is 18.2 Å². The largest absolute Gasteiger partial charge is 0.317 e. The van der Waals surface area contributed by atoms with E-state index in [0.717, 1.165) is 30.8 Å². The van der Waals surface area contributed by atoms with Crippen LogP contribution in [0.15, 0.2) is 36.4 Å². The van der Waals surface area contributed by atoms with Gasteiger partial charge in [0, 0.05) is 23.6 Å². The summed E-state index contributed by atoms with van der Waals surface area (Å²) in [6.45, 7) is 20.0. The van der Waals surface area contributed by atoms with Crippen LogP contribution in [0.3, 0.4) is 0 Å². The van der Waals surface area contributed by atoms with E-state index < -0.39 is 0 Å². The summed E-state index contributed by atoms with van der Waals surface area (Å²) in [4.78, 5) is 27.4. The highest BCUT2D eigenvalue weighted by Crippen LogP contribution is 2.18. The molecule has 0 saturated carbocycles. The number of ketones is 1. The molecular weight excluding hydrogens is 410 g/mol. The first-order valence-electron chi connectivity index (χ1n) is 12.3.